The van der Waals surface area contributed by atoms with E-state index in [1.54, 1.807) is 0 Å². The average molecular weight is 142 g/mol. The van der Waals surface area contributed by atoms with Gasteiger partial charge in [-0.1, -0.05) is 20.4 Å². The van der Waals surface area contributed by atoms with Crippen molar-refractivity contribution in [1.82, 2.24) is 0 Å². The van der Waals surface area contributed by atoms with Crippen molar-refractivity contribution in [3.8, 4) is 0 Å². The highest BCUT2D eigenvalue weighted by atomic mass is 16.5. The lowest BCUT2D eigenvalue weighted by Crippen LogP contribution is -2.15. The molecule has 0 atom stereocenters. The summed E-state index contributed by atoms with van der Waals surface area (Å²) in [6, 6.07) is 0. The van der Waals surface area contributed by atoms with Crippen molar-refractivity contribution in [2.75, 3.05) is 0 Å². The molecule has 0 aromatic heterocycles. The van der Waals surface area contributed by atoms with E-state index >= 15 is 0 Å². The first kappa shape index (κ1) is 8.88. The van der Waals surface area contributed by atoms with E-state index in [0.717, 1.165) is 0 Å². The van der Waals surface area contributed by atoms with Gasteiger partial charge in [-0.05, 0) is 0 Å². The molecule has 0 aliphatic carbocycles. The predicted molar refractivity (Wildman–Crippen MR) is 41.5 cm³/mol. The Morgan fingerprint density at radius 3 is 2.10 bits per heavy atom. The van der Waals surface area contributed by atoms with Crippen molar-refractivity contribution in [3.63, 3.8) is 0 Å². The maximum absolute atomic E-state index is 5.31. The molecule has 0 aromatic rings. The minimum absolute atomic E-state index is 0.197. The van der Waals surface area contributed by atoms with Crippen molar-refractivity contribution < 1.29 is 4.74 Å². The van der Waals surface area contributed by atoms with E-state index in [2.05, 4.69) is 6.58 Å². The van der Waals surface area contributed by atoms with Gasteiger partial charge in [0.15, 0.2) is 0 Å². The summed E-state index contributed by atoms with van der Waals surface area (Å²) in [7, 11) is 0. The molecule has 0 unspecified atom stereocenters. The molecule has 0 aliphatic heterocycles. The molecule has 0 saturated heterocycles. The highest BCUT2D eigenvalue weighted by molar-refractivity contribution is 5.03. The molecule has 0 fully saturated rings. The normalized spacial score (nSPS) is 9.10. The van der Waals surface area contributed by atoms with E-state index in [1.807, 2.05) is 13.8 Å². The lowest BCUT2D eigenvalue weighted by molar-refractivity contribution is 0.299. The van der Waals surface area contributed by atoms with Crippen LogP contribution in [0.2, 0.25) is 0 Å². The molecular formula is C7H14N2O. The molecule has 0 bridgehead atoms. The van der Waals surface area contributed by atoms with Crippen LogP contribution in [0.1, 0.15) is 13.8 Å². The van der Waals surface area contributed by atoms with Gasteiger partial charge < -0.3 is 16.2 Å². The van der Waals surface area contributed by atoms with Gasteiger partial charge in [0, 0.05) is 5.92 Å². The molecule has 0 amide bonds. The van der Waals surface area contributed by atoms with Crippen LogP contribution in [0.25, 0.3) is 0 Å². The third-order valence-electron chi connectivity index (χ3n) is 1.02. The van der Waals surface area contributed by atoms with Gasteiger partial charge in [0.2, 0.25) is 0 Å². The van der Waals surface area contributed by atoms with Crippen LogP contribution < -0.4 is 11.5 Å². The Hall–Kier alpha value is -1.12. The van der Waals surface area contributed by atoms with E-state index in [-0.39, 0.29) is 11.7 Å². The summed E-state index contributed by atoms with van der Waals surface area (Å²) < 4.78 is 4.96. The third kappa shape index (κ3) is 2.44. The van der Waals surface area contributed by atoms with Crippen molar-refractivity contribution in [3.05, 3.63) is 24.4 Å². The highest BCUT2D eigenvalue weighted by Gasteiger charge is 2.05. The fraction of sp³-hybridized carbons (Fsp3) is 0.429. The average Bonchev–Trinajstić information content (AvgIpc) is 1.81. The summed E-state index contributed by atoms with van der Waals surface area (Å²) in [6.07, 6.45) is 1.31. The summed E-state index contributed by atoms with van der Waals surface area (Å²) in [4.78, 5) is 0. The zero-order valence-corrected chi connectivity index (χ0v) is 6.42. The number of hydrogen-bond acceptors (Lipinski definition) is 3. The molecule has 0 saturated carbocycles. The van der Waals surface area contributed by atoms with Crippen molar-refractivity contribution >= 4 is 0 Å². The number of hydrogen-bond donors (Lipinski definition) is 2. The van der Waals surface area contributed by atoms with Crippen LogP contribution in [0.4, 0.5) is 0 Å². The topological polar surface area (TPSA) is 61.3 Å². The monoisotopic (exact) mass is 142 g/mol. The predicted octanol–water partition coefficient (Wildman–Crippen LogP) is 0.889. The number of ether oxygens (including phenoxy) is 1. The number of rotatable bonds is 3. The molecule has 0 aliphatic rings. The second-order valence-electron chi connectivity index (χ2n) is 2.26. The van der Waals surface area contributed by atoms with Gasteiger partial charge in [0.25, 0.3) is 0 Å². The summed E-state index contributed by atoms with van der Waals surface area (Å²) in [5.74, 6) is 0.993. The molecule has 3 nitrogen and oxygen atoms in total. The lowest BCUT2D eigenvalue weighted by atomic mass is 10.2. The standard InChI is InChI=1S/C7H14N2O/c1-4-10-6(5(2)3)7(8)9/h4-5H,1,8-9H2,2-3H3. The van der Waals surface area contributed by atoms with Crippen LogP contribution in [0.3, 0.4) is 0 Å². The minimum atomic E-state index is 0.197. The Morgan fingerprint density at radius 1 is 1.50 bits per heavy atom. The maximum Gasteiger partial charge on any atom is 0.145 e. The Morgan fingerprint density at radius 2 is 2.00 bits per heavy atom. The van der Waals surface area contributed by atoms with Crippen molar-refractivity contribution in [1.29, 1.82) is 0 Å². The van der Waals surface area contributed by atoms with E-state index in [0.29, 0.717) is 5.76 Å². The third-order valence-corrected chi connectivity index (χ3v) is 1.02. The SMILES string of the molecule is C=COC(=C(N)N)C(C)C. The van der Waals surface area contributed by atoms with Crippen molar-refractivity contribution in [2.24, 2.45) is 17.4 Å². The van der Waals surface area contributed by atoms with Gasteiger partial charge in [0.1, 0.15) is 11.6 Å². The van der Waals surface area contributed by atoms with Gasteiger partial charge in [-0.25, -0.2) is 0 Å². The van der Waals surface area contributed by atoms with Crippen LogP contribution in [0.5, 0.6) is 0 Å². The maximum atomic E-state index is 5.31. The molecule has 4 N–H and O–H groups in total. The van der Waals surface area contributed by atoms with Crippen LogP contribution >= 0.6 is 0 Å². The highest BCUT2D eigenvalue weighted by Crippen LogP contribution is 2.10. The molecule has 10 heavy (non-hydrogen) atoms. The molecule has 0 radical (unpaired) electrons. The van der Waals surface area contributed by atoms with Gasteiger partial charge in [-0.3, -0.25) is 0 Å². The number of nitrogens with two attached hydrogens (primary N) is 2. The molecule has 3 heteroatoms. The summed E-state index contributed by atoms with van der Waals surface area (Å²) >= 11 is 0. The van der Waals surface area contributed by atoms with E-state index in [4.69, 9.17) is 16.2 Å². The van der Waals surface area contributed by atoms with E-state index < -0.39 is 0 Å². The fourth-order valence-electron chi connectivity index (χ4n) is 0.627. The molecule has 0 aromatic carbocycles. The van der Waals surface area contributed by atoms with Crippen LogP contribution in [-0.2, 0) is 4.74 Å². The summed E-state index contributed by atoms with van der Waals surface area (Å²) in [5.41, 5.74) is 10.6. The van der Waals surface area contributed by atoms with E-state index in [1.165, 1.54) is 6.26 Å². The minimum Gasteiger partial charge on any atom is -0.466 e. The molecular weight excluding hydrogens is 128 g/mol. The Labute approximate surface area is 61.3 Å². The van der Waals surface area contributed by atoms with Crippen molar-refractivity contribution in [2.45, 2.75) is 13.8 Å². The zero-order chi connectivity index (χ0) is 8.15. The van der Waals surface area contributed by atoms with Gasteiger partial charge >= 0.3 is 0 Å². The first-order valence-corrected chi connectivity index (χ1v) is 3.12. The lowest BCUT2D eigenvalue weighted by Gasteiger charge is -2.10. The summed E-state index contributed by atoms with van der Waals surface area (Å²) in [5, 5.41) is 0. The Bertz CT molecular complexity index is 146. The van der Waals surface area contributed by atoms with Gasteiger partial charge in [-0.15, -0.1) is 0 Å². The first-order valence-electron chi connectivity index (χ1n) is 3.12. The van der Waals surface area contributed by atoms with Gasteiger partial charge in [-0.2, -0.15) is 0 Å². The Kier molecular flexibility index (Phi) is 3.39. The van der Waals surface area contributed by atoms with E-state index in [9.17, 15) is 0 Å². The second-order valence-corrected chi connectivity index (χ2v) is 2.26. The van der Waals surface area contributed by atoms with Crippen LogP contribution in [0, 0.1) is 5.92 Å². The van der Waals surface area contributed by atoms with Crippen LogP contribution in [0.15, 0.2) is 24.4 Å². The zero-order valence-electron chi connectivity index (χ0n) is 6.42. The summed E-state index contributed by atoms with van der Waals surface area (Å²) in [6.45, 7) is 7.28. The largest absolute Gasteiger partial charge is 0.466 e. The molecule has 58 valence electrons. The molecule has 0 heterocycles. The molecule has 0 rings (SSSR count). The van der Waals surface area contributed by atoms with Crippen LogP contribution in [-0.4, -0.2) is 0 Å². The molecule has 0 spiro atoms. The fourth-order valence-corrected chi connectivity index (χ4v) is 0.627. The Balaban J connectivity index is 4.27. The number of allylic oxidation sites excluding steroid dienone is 1. The van der Waals surface area contributed by atoms with Gasteiger partial charge in [0.05, 0.1) is 6.26 Å². The quantitative estimate of drug-likeness (QED) is 0.575. The first-order chi connectivity index (χ1) is 4.59. The smallest absolute Gasteiger partial charge is 0.145 e. The second kappa shape index (κ2) is 3.82.